The Kier molecular flexibility index (Phi) is 3.82. The molecule has 1 unspecified atom stereocenters. The molecule has 0 saturated heterocycles. The van der Waals surface area contributed by atoms with E-state index in [1.54, 1.807) is 18.9 Å². The van der Waals surface area contributed by atoms with E-state index in [4.69, 9.17) is 5.11 Å². The van der Waals surface area contributed by atoms with Gasteiger partial charge in [0.1, 0.15) is 6.04 Å². The van der Waals surface area contributed by atoms with Gasteiger partial charge in [0.05, 0.1) is 0 Å². The van der Waals surface area contributed by atoms with Crippen LogP contribution >= 0.6 is 0 Å². The average molecular weight is 157 g/mol. The van der Waals surface area contributed by atoms with Crippen molar-refractivity contribution in [1.82, 2.24) is 4.90 Å². The summed E-state index contributed by atoms with van der Waals surface area (Å²) in [6.45, 7) is 7.87. The summed E-state index contributed by atoms with van der Waals surface area (Å²) in [4.78, 5) is 12.2. The van der Waals surface area contributed by atoms with E-state index in [1.165, 1.54) is 0 Å². The lowest BCUT2D eigenvalue weighted by Gasteiger charge is -2.20. The molecule has 1 N–H and O–H groups in total. The highest BCUT2D eigenvalue weighted by molar-refractivity contribution is 5.72. The lowest BCUT2D eigenvalue weighted by molar-refractivity contribution is -0.141. The van der Waals surface area contributed by atoms with Crippen molar-refractivity contribution in [3.05, 3.63) is 12.2 Å². The Bertz CT molecular complexity index is 165. The zero-order chi connectivity index (χ0) is 9.02. The van der Waals surface area contributed by atoms with Crippen LogP contribution in [0.2, 0.25) is 0 Å². The minimum Gasteiger partial charge on any atom is -0.480 e. The Morgan fingerprint density at radius 3 is 2.45 bits per heavy atom. The molecule has 0 aliphatic heterocycles. The predicted molar refractivity (Wildman–Crippen MR) is 44.5 cm³/mol. The van der Waals surface area contributed by atoms with Crippen LogP contribution in [0.4, 0.5) is 0 Å². The van der Waals surface area contributed by atoms with Gasteiger partial charge in [0, 0.05) is 6.54 Å². The molecule has 11 heavy (non-hydrogen) atoms. The van der Waals surface area contributed by atoms with Crippen LogP contribution in [0.3, 0.4) is 0 Å². The van der Waals surface area contributed by atoms with Crippen molar-refractivity contribution in [1.29, 1.82) is 0 Å². The number of rotatable bonds is 4. The fourth-order valence-corrected chi connectivity index (χ4v) is 0.751. The molecule has 0 spiro atoms. The first-order valence-corrected chi connectivity index (χ1v) is 3.52. The molecule has 0 aliphatic rings. The van der Waals surface area contributed by atoms with Crippen LogP contribution in [0.5, 0.6) is 0 Å². The Hall–Kier alpha value is -0.830. The van der Waals surface area contributed by atoms with Crippen LogP contribution in [0.15, 0.2) is 12.2 Å². The van der Waals surface area contributed by atoms with Crippen molar-refractivity contribution in [3.8, 4) is 0 Å². The van der Waals surface area contributed by atoms with E-state index in [0.29, 0.717) is 6.54 Å². The smallest absolute Gasteiger partial charge is 0.320 e. The molecule has 0 aromatic rings. The number of carboxylic acid groups (broad SMARTS) is 1. The number of likely N-dealkylation sites (N-methyl/N-ethyl adjacent to an activating group) is 1. The summed E-state index contributed by atoms with van der Waals surface area (Å²) in [5.41, 5.74) is 0.973. The maximum absolute atomic E-state index is 10.5. The Balaban J connectivity index is 3.92. The van der Waals surface area contributed by atoms with Crippen molar-refractivity contribution in [2.45, 2.75) is 19.9 Å². The maximum Gasteiger partial charge on any atom is 0.320 e. The molecule has 0 aromatic heterocycles. The number of carboxylic acids is 1. The zero-order valence-electron chi connectivity index (χ0n) is 7.29. The van der Waals surface area contributed by atoms with Crippen LogP contribution < -0.4 is 0 Å². The van der Waals surface area contributed by atoms with Crippen LogP contribution in [-0.2, 0) is 4.79 Å². The molecule has 0 heterocycles. The van der Waals surface area contributed by atoms with Crippen LogP contribution in [0.1, 0.15) is 13.8 Å². The van der Waals surface area contributed by atoms with Gasteiger partial charge in [-0.3, -0.25) is 9.69 Å². The van der Waals surface area contributed by atoms with E-state index in [9.17, 15) is 4.79 Å². The Labute approximate surface area is 67.3 Å². The van der Waals surface area contributed by atoms with E-state index in [1.807, 2.05) is 6.92 Å². The lowest BCUT2D eigenvalue weighted by Crippen LogP contribution is -2.36. The van der Waals surface area contributed by atoms with Gasteiger partial charge in [-0.1, -0.05) is 12.2 Å². The largest absolute Gasteiger partial charge is 0.480 e. The molecule has 0 fully saturated rings. The molecule has 3 heteroatoms. The number of aliphatic carboxylic acids is 1. The quantitative estimate of drug-likeness (QED) is 0.618. The third kappa shape index (κ3) is 3.78. The van der Waals surface area contributed by atoms with Crippen LogP contribution in [0.25, 0.3) is 0 Å². The van der Waals surface area contributed by atoms with Gasteiger partial charge in [-0.15, -0.1) is 0 Å². The fraction of sp³-hybridized carbons (Fsp3) is 0.625. The molecular weight excluding hydrogens is 142 g/mol. The first kappa shape index (κ1) is 10.2. The second-order valence-corrected chi connectivity index (χ2v) is 2.89. The van der Waals surface area contributed by atoms with Gasteiger partial charge in [0.2, 0.25) is 0 Å². The fourth-order valence-electron chi connectivity index (χ4n) is 0.751. The summed E-state index contributed by atoms with van der Waals surface area (Å²) in [5, 5.41) is 8.59. The Morgan fingerprint density at radius 2 is 2.18 bits per heavy atom. The summed E-state index contributed by atoms with van der Waals surface area (Å²) in [5.74, 6) is -0.797. The summed E-state index contributed by atoms with van der Waals surface area (Å²) < 4.78 is 0. The first-order chi connectivity index (χ1) is 4.95. The summed E-state index contributed by atoms with van der Waals surface area (Å²) in [6, 6.07) is -0.438. The molecular formula is C8H15NO2. The van der Waals surface area contributed by atoms with Gasteiger partial charge in [-0.2, -0.15) is 0 Å². The standard InChI is InChI=1S/C8H15NO2/c1-6(2)5-9(4)7(3)8(10)11/h7H,1,5H2,2-4H3,(H,10,11). The molecule has 0 rings (SSSR count). The van der Waals surface area contributed by atoms with Crippen molar-refractivity contribution in [2.75, 3.05) is 13.6 Å². The molecule has 0 saturated carbocycles. The zero-order valence-corrected chi connectivity index (χ0v) is 7.29. The van der Waals surface area contributed by atoms with E-state index in [2.05, 4.69) is 6.58 Å². The third-order valence-electron chi connectivity index (χ3n) is 1.54. The minimum absolute atomic E-state index is 0.438. The molecule has 1 atom stereocenters. The highest BCUT2D eigenvalue weighted by atomic mass is 16.4. The van der Waals surface area contributed by atoms with Crippen molar-refractivity contribution in [3.63, 3.8) is 0 Å². The molecule has 0 radical (unpaired) electrons. The summed E-state index contributed by atoms with van der Waals surface area (Å²) >= 11 is 0. The minimum atomic E-state index is -0.797. The molecule has 0 bridgehead atoms. The second-order valence-electron chi connectivity index (χ2n) is 2.89. The van der Waals surface area contributed by atoms with E-state index >= 15 is 0 Å². The highest BCUT2D eigenvalue weighted by Crippen LogP contribution is 1.98. The summed E-state index contributed by atoms with van der Waals surface area (Å²) in [7, 11) is 1.77. The lowest BCUT2D eigenvalue weighted by atomic mass is 10.2. The first-order valence-electron chi connectivity index (χ1n) is 3.52. The number of hydrogen-bond acceptors (Lipinski definition) is 2. The van der Waals surface area contributed by atoms with Gasteiger partial charge >= 0.3 is 5.97 Å². The van der Waals surface area contributed by atoms with E-state index in [0.717, 1.165) is 5.57 Å². The van der Waals surface area contributed by atoms with Gasteiger partial charge in [-0.05, 0) is 20.9 Å². The van der Waals surface area contributed by atoms with Gasteiger partial charge < -0.3 is 5.11 Å². The van der Waals surface area contributed by atoms with Crippen LogP contribution in [-0.4, -0.2) is 35.6 Å². The van der Waals surface area contributed by atoms with Gasteiger partial charge in [0.25, 0.3) is 0 Å². The third-order valence-corrected chi connectivity index (χ3v) is 1.54. The molecule has 64 valence electrons. The van der Waals surface area contributed by atoms with Crippen molar-refractivity contribution in [2.24, 2.45) is 0 Å². The maximum atomic E-state index is 10.5. The van der Waals surface area contributed by atoms with Crippen molar-refractivity contribution < 1.29 is 9.90 Å². The number of hydrogen-bond donors (Lipinski definition) is 1. The van der Waals surface area contributed by atoms with Gasteiger partial charge in [-0.25, -0.2) is 0 Å². The van der Waals surface area contributed by atoms with Crippen molar-refractivity contribution >= 4 is 5.97 Å². The molecule has 0 aromatic carbocycles. The molecule has 0 amide bonds. The number of carbonyl (C=O) groups is 1. The summed E-state index contributed by atoms with van der Waals surface area (Å²) in [6.07, 6.45) is 0. The normalized spacial score (nSPS) is 13.1. The predicted octanol–water partition coefficient (Wildman–Crippen LogP) is 0.967. The Morgan fingerprint density at radius 1 is 1.73 bits per heavy atom. The molecule has 3 nitrogen and oxygen atoms in total. The monoisotopic (exact) mass is 157 g/mol. The van der Waals surface area contributed by atoms with Gasteiger partial charge in [0.15, 0.2) is 0 Å². The van der Waals surface area contributed by atoms with E-state index in [-0.39, 0.29) is 0 Å². The number of nitrogens with zero attached hydrogens (tertiary/aromatic N) is 1. The molecule has 0 aliphatic carbocycles. The SMILES string of the molecule is C=C(C)CN(C)C(C)C(=O)O. The highest BCUT2D eigenvalue weighted by Gasteiger charge is 2.15. The van der Waals surface area contributed by atoms with E-state index < -0.39 is 12.0 Å². The van der Waals surface area contributed by atoms with Crippen LogP contribution in [0, 0.1) is 0 Å². The topological polar surface area (TPSA) is 40.5 Å². The average Bonchev–Trinajstić information content (AvgIpc) is 1.84. The second kappa shape index (κ2) is 4.13.